The largest absolute Gasteiger partial charge is 0.493 e. The van der Waals surface area contributed by atoms with E-state index in [0.29, 0.717) is 31.1 Å². The van der Waals surface area contributed by atoms with Gasteiger partial charge in [-0.3, -0.25) is 14.9 Å². The lowest BCUT2D eigenvalue weighted by atomic mass is 9.81. The second kappa shape index (κ2) is 15.6. The highest BCUT2D eigenvalue weighted by atomic mass is 16.6. The Kier molecular flexibility index (Phi) is 13.6. The number of hydrogen-bond donors (Lipinski definition) is 1. The molecular formula is C26H43NO8. The Hall–Kier alpha value is -2.39. The maximum absolute atomic E-state index is 12.1. The SMILES string of the molecule is COCCCOc1cc(C[C@@H](C[C@@H]([C@@H](O)C[C@H](C(=O)OC)C(C)C)[N+](=O)[O-])C(C)C)ccc1OC. The van der Waals surface area contributed by atoms with Crippen molar-refractivity contribution >= 4 is 5.97 Å². The number of hydrogen-bond acceptors (Lipinski definition) is 8. The molecule has 200 valence electrons. The van der Waals surface area contributed by atoms with Crippen LogP contribution in [-0.4, -0.2) is 62.7 Å². The molecule has 35 heavy (non-hydrogen) atoms. The van der Waals surface area contributed by atoms with E-state index in [9.17, 15) is 20.0 Å². The fraction of sp³-hybridized carbons (Fsp3) is 0.731. The van der Waals surface area contributed by atoms with E-state index in [1.165, 1.54) is 7.11 Å². The van der Waals surface area contributed by atoms with Crippen LogP contribution in [0.4, 0.5) is 0 Å². The summed E-state index contributed by atoms with van der Waals surface area (Å²) in [5, 5.41) is 22.7. The van der Waals surface area contributed by atoms with E-state index in [1.807, 2.05) is 45.9 Å². The van der Waals surface area contributed by atoms with E-state index < -0.39 is 29.0 Å². The molecular weight excluding hydrogens is 454 g/mol. The summed E-state index contributed by atoms with van der Waals surface area (Å²) in [4.78, 5) is 23.6. The number of nitro groups is 1. The predicted molar refractivity (Wildman–Crippen MR) is 133 cm³/mol. The van der Waals surface area contributed by atoms with Gasteiger partial charge < -0.3 is 24.1 Å². The zero-order valence-corrected chi connectivity index (χ0v) is 22.2. The van der Waals surface area contributed by atoms with Crippen molar-refractivity contribution in [2.75, 3.05) is 34.5 Å². The van der Waals surface area contributed by atoms with Crippen LogP contribution >= 0.6 is 0 Å². The zero-order valence-electron chi connectivity index (χ0n) is 22.2. The van der Waals surface area contributed by atoms with Crippen molar-refractivity contribution in [2.45, 2.75) is 65.5 Å². The van der Waals surface area contributed by atoms with E-state index >= 15 is 0 Å². The van der Waals surface area contributed by atoms with Gasteiger partial charge in [-0.05, 0) is 48.3 Å². The first-order valence-corrected chi connectivity index (χ1v) is 12.2. The van der Waals surface area contributed by atoms with Gasteiger partial charge in [-0.2, -0.15) is 0 Å². The highest BCUT2D eigenvalue weighted by molar-refractivity contribution is 5.72. The van der Waals surface area contributed by atoms with Crippen LogP contribution in [0.25, 0.3) is 0 Å². The molecule has 0 aliphatic carbocycles. The van der Waals surface area contributed by atoms with Crippen molar-refractivity contribution in [3.8, 4) is 11.5 Å². The molecule has 0 spiro atoms. The molecule has 0 aromatic heterocycles. The Morgan fingerprint density at radius 2 is 1.71 bits per heavy atom. The van der Waals surface area contributed by atoms with Crippen LogP contribution in [-0.2, 0) is 20.7 Å². The van der Waals surface area contributed by atoms with Gasteiger partial charge in [0, 0.05) is 31.5 Å². The molecule has 1 rings (SSSR count). The van der Waals surface area contributed by atoms with Crippen LogP contribution in [0.3, 0.4) is 0 Å². The Balaban J connectivity index is 3.03. The van der Waals surface area contributed by atoms with Gasteiger partial charge in [0.1, 0.15) is 6.10 Å². The molecule has 0 amide bonds. The first-order valence-electron chi connectivity index (χ1n) is 12.2. The van der Waals surface area contributed by atoms with Gasteiger partial charge in [-0.1, -0.05) is 33.8 Å². The fourth-order valence-electron chi connectivity index (χ4n) is 4.14. The molecule has 0 bridgehead atoms. The van der Waals surface area contributed by atoms with Crippen molar-refractivity contribution in [1.82, 2.24) is 0 Å². The lowest BCUT2D eigenvalue weighted by Crippen LogP contribution is -2.40. The van der Waals surface area contributed by atoms with Crippen LogP contribution < -0.4 is 9.47 Å². The summed E-state index contributed by atoms with van der Waals surface area (Å²) in [5.41, 5.74) is 0.970. The Morgan fingerprint density at radius 1 is 1.03 bits per heavy atom. The number of carbonyl (C=O) groups is 1. The summed E-state index contributed by atoms with van der Waals surface area (Å²) in [6.07, 6.45) is 0.242. The van der Waals surface area contributed by atoms with Crippen molar-refractivity contribution in [3.63, 3.8) is 0 Å². The maximum atomic E-state index is 12.1. The van der Waals surface area contributed by atoms with Gasteiger partial charge in [0.05, 0.1) is 26.7 Å². The minimum atomic E-state index is -1.26. The number of methoxy groups -OCH3 is 3. The summed E-state index contributed by atoms with van der Waals surface area (Å²) < 4.78 is 21.2. The van der Waals surface area contributed by atoms with Gasteiger partial charge >= 0.3 is 5.97 Å². The van der Waals surface area contributed by atoms with Crippen LogP contribution in [0.5, 0.6) is 11.5 Å². The Labute approximate surface area is 209 Å². The fourth-order valence-corrected chi connectivity index (χ4v) is 4.14. The Bertz CT molecular complexity index is 783. The zero-order chi connectivity index (χ0) is 26.5. The van der Waals surface area contributed by atoms with Crippen molar-refractivity contribution in [1.29, 1.82) is 0 Å². The molecule has 0 saturated heterocycles. The molecule has 0 aliphatic heterocycles. The van der Waals surface area contributed by atoms with Gasteiger partial charge in [0.15, 0.2) is 11.5 Å². The van der Waals surface area contributed by atoms with Crippen molar-refractivity contribution in [2.24, 2.45) is 23.7 Å². The van der Waals surface area contributed by atoms with E-state index in [4.69, 9.17) is 18.9 Å². The summed E-state index contributed by atoms with van der Waals surface area (Å²) in [5.74, 6) is 0.143. The lowest BCUT2D eigenvalue weighted by molar-refractivity contribution is -0.537. The Morgan fingerprint density at radius 3 is 2.23 bits per heavy atom. The van der Waals surface area contributed by atoms with E-state index in [-0.39, 0.29) is 30.6 Å². The third-order valence-corrected chi connectivity index (χ3v) is 6.48. The quantitative estimate of drug-likeness (QED) is 0.148. The summed E-state index contributed by atoms with van der Waals surface area (Å²) in [6, 6.07) is 4.49. The number of rotatable bonds is 17. The molecule has 0 saturated carbocycles. The number of aliphatic hydroxyl groups excluding tert-OH is 1. The third-order valence-electron chi connectivity index (χ3n) is 6.48. The summed E-state index contributed by atoms with van der Waals surface area (Å²) in [6.45, 7) is 8.79. The highest BCUT2D eigenvalue weighted by Gasteiger charge is 2.37. The molecule has 0 unspecified atom stereocenters. The molecule has 4 atom stereocenters. The van der Waals surface area contributed by atoms with E-state index in [2.05, 4.69) is 0 Å². The van der Waals surface area contributed by atoms with Gasteiger partial charge in [-0.25, -0.2) is 0 Å². The smallest absolute Gasteiger partial charge is 0.309 e. The molecule has 9 heteroatoms. The molecule has 9 nitrogen and oxygen atoms in total. The molecule has 0 aliphatic rings. The molecule has 0 heterocycles. The second-order valence-electron chi connectivity index (χ2n) is 9.65. The number of aliphatic hydroxyl groups is 1. The third kappa shape index (κ3) is 10.0. The molecule has 1 N–H and O–H groups in total. The number of benzene rings is 1. The minimum Gasteiger partial charge on any atom is -0.493 e. The molecule has 1 aromatic carbocycles. The molecule has 0 fully saturated rings. The number of nitrogens with zero attached hydrogens (tertiary/aromatic N) is 1. The standard InChI is InChI=1S/C26H43NO8/c1-17(2)20(13-19-9-10-24(33-6)25(14-19)35-12-8-11-32-5)15-22(27(30)31)23(28)16-21(18(3)4)26(29)34-7/h9-10,14,17-18,20-23,28H,8,11-13,15-16H2,1-7H3/t20-,21-,22-,23-/m0/s1. The molecule has 0 radical (unpaired) electrons. The minimum absolute atomic E-state index is 0.0111. The van der Waals surface area contributed by atoms with Gasteiger partial charge in [-0.15, -0.1) is 0 Å². The summed E-state index contributed by atoms with van der Waals surface area (Å²) in [7, 11) is 4.50. The van der Waals surface area contributed by atoms with Crippen LogP contribution in [0.15, 0.2) is 18.2 Å². The highest BCUT2D eigenvalue weighted by Crippen LogP contribution is 2.32. The maximum Gasteiger partial charge on any atom is 0.309 e. The van der Waals surface area contributed by atoms with Crippen molar-refractivity contribution in [3.05, 3.63) is 33.9 Å². The van der Waals surface area contributed by atoms with E-state index in [0.717, 1.165) is 12.0 Å². The summed E-state index contributed by atoms with van der Waals surface area (Å²) >= 11 is 0. The number of esters is 1. The van der Waals surface area contributed by atoms with Crippen molar-refractivity contribution < 1.29 is 33.8 Å². The van der Waals surface area contributed by atoms with Crippen LogP contribution in [0.2, 0.25) is 0 Å². The van der Waals surface area contributed by atoms with Gasteiger partial charge in [0.2, 0.25) is 6.04 Å². The average Bonchev–Trinajstić information content (AvgIpc) is 2.81. The normalized spacial score (nSPS) is 14.9. The molecule has 1 aromatic rings. The number of ether oxygens (including phenoxy) is 4. The monoisotopic (exact) mass is 497 g/mol. The topological polar surface area (TPSA) is 117 Å². The number of carbonyl (C=O) groups excluding carboxylic acids is 1. The first-order chi connectivity index (χ1) is 16.5. The second-order valence-corrected chi connectivity index (χ2v) is 9.65. The average molecular weight is 498 g/mol. The van der Waals surface area contributed by atoms with Crippen LogP contribution in [0, 0.1) is 33.8 Å². The van der Waals surface area contributed by atoms with E-state index in [1.54, 1.807) is 14.2 Å². The first kappa shape index (κ1) is 30.6. The van der Waals surface area contributed by atoms with Crippen LogP contribution in [0.1, 0.15) is 52.5 Å². The predicted octanol–water partition coefficient (Wildman–Crippen LogP) is 4.16. The van der Waals surface area contributed by atoms with Gasteiger partial charge in [0.25, 0.3) is 0 Å². The lowest BCUT2D eigenvalue weighted by Gasteiger charge is -2.27.